The molecule has 0 bridgehead atoms. The molecule has 1 unspecified atom stereocenters. The second kappa shape index (κ2) is 4.36. The summed E-state index contributed by atoms with van der Waals surface area (Å²) in [5.41, 5.74) is 0.996. The summed E-state index contributed by atoms with van der Waals surface area (Å²) < 4.78 is 5.10. The van der Waals surface area contributed by atoms with E-state index in [0.717, 1.165) is 5.56 Å². The average Bonchev–Trinajstić information content (AvgIpc) is 2.78. The van der Waals surface area contributed by atoms with Gasteiger partial charge in [0, 0.05) is 12.4 Å². The maximum Gasteiger partial charge on any atom is 0.243 e. The fourth-order valence-electron chi connectivity index (χ4n) is 1.13. The van der Waals surface area contributed by atoms with E-state index in [2.05, 4.69) is 25.4 Å². The van der Waals surface area contributed by atoms with Crippen LogP contribution in [0.3, 0.4) is 0 Å². The van der Waals surface area contributed by atoms with Crippen molar-refractivity contribution in [3.8, 4) is 11.6 Å². The van der Waals surface area contributed by atoms with E-state index < -0.39 is 0 Å². The van der Waals surface area contributed by atoms with Crippen LogP contribution >= 0.6 is 0 Å². The third-order valence-corrected chi connectivity index (χ3v) is 2.23. The number of aryl methyl sites for hydroxylation is 1. The molecule has 6 nitrogen and oxygen atoms in total. The Hall–Kier alpha value is -1.82. The van der Waals surface area contributed by atoms with E-state index in [0.29, 0.717) is 17.5 Å². The van der Waals surface area contributed by atoms with Gasteiger partial charge in [0.25, 0.3) is 0 Å². The van der Waals surface area contributed by atoms with Crippen molar-refractivity contribution in [1.29, 1.82) is 0 Å². The molecule has 2 rings (SSSR count). The number of aromatic nitrogens is 4. The highest BCUT2D eigenvalue weighted by Gasteiger charge is 2.14. The fourth-order valence-corrected chi connectivity index (χ4v) is 1.13. The molecule has 0 aromatic carbocycles. The molecule has 0 spiro atoms. The van der Waals surface area contributed by atoms with Crippen molar-refractivity contribution < 1.29 is 4.52 Å². The van der Waals surface area contributed by atoms with E-state index in [4.69, 9.17) is 4.52 Å². The van der Waals surface area contributed by atoms with Gasteiger partial charge >= 0.3 is 0 Å². The highest BCUT2D eigenvalue weighted by Crippen LogP contribution is 2.14. The zero-order chi connectivity index (χ0) is 11.5. The van der Waals surface area contributed by atoms with Gasteiger partial charge in [-0.1, -0.05) is 5.16 Å². The second-order valence-electron chi connectivity index (χ2n) is 3.55. The Kier molecular flexibility index (Phi) is 2.91. The largest absolute Gasteiger partial charge is 0.337 e. The van der Waals surface area contributed by atoms with Crippen LogP contribution in [0.25, 0.3) is 11.6 Å². The first-order valence-corrected chi connectivity index (χ1v) is 5.00. The van der Waals surface area contributed by atoms with Crippen molar-refractivity contribution in [3.63, 3.8) is 0 Å². The second-order valence-corrected chi connectivity index (χ2v) is 3.55. The number of nitrogens with one attached hydrogen (secondary N) is 1. The quantitative estimate of drug-likeness (QED) is 0.833. The topological polar surface area (TPSA) is 76.7 Å². The van der Waals surface area contributed by atoms with Crippen molar-refractivity contribution >= 4 is 0 Å². The maximum atomic E-state index is 5.10. The SMILES string of the molecule is CNC(C)c1nc(-c2ncc(C)cn2)no1. The summed E-state index contributed by atoms with van der Waals surface area (Å²) in [6.07, 6.45) is 3.44. The lowest BCUT2D eigenvalue weighted by Gasteiger charge is -2.01. The Morgan fingerprint density at radius 2 is 1.94 bits per heavy atom. The molecule has 0 fully saturated rings. The Balaban J connectivity index is 2.28. The van der Waals surface area contributed by atoms with Crippen LogP contribution in [0.4, 0.5) is 0 Å². The molecule has 2 aromatic rings. The van der Waals surface area contributed by atoms with E-state index in [1.165, 1.54) is 0 Å². The van der Waals surface area contributed by atoms with Gasteiger partial charge in [-0.05, 0) is 26.5 Å². The highest BCUT2D eigenvalue weighted by molar-refractivity contribution is 5.40. The maximum absolute atomic E-state index is 5.10. The predicted molar refractivity (Wildman–Crippen MR) is 57.5 cm³/mol. The zero-order valence-electron chi connectivity index (χ0n) is 9.43. The Labute approximate surface area is 93.1 Å². The molecule has 0 saturated heterocycles. The normalized spacial score (nSPS) is 12.7. The van der Waals surface area contributed by atoms with Crippen LogP contribution in [-0.2, 0) is 0 Å². The van der Waals surface area contributed by atoms with E-state index in [-0.39, 0.29) is 6.04 Å². The first-order chi connectivity index (χ1) is 7.70. The van der Waals surface area contributed by atoms with Crippen LogP contribution in [0.1, 0.15) is 24.4 Å². The van der Waals surface area contributed by atoms with Crippen molar-refractivity contribution in [2.24, 2.45) is 0 Å². The lowest BCUT2D eigenvalue weighted by Crippen LogP contribution is -2.12. The third kappa shape index (κ3) is 2.06. The van der Waals surface area contributed by atoms with Crippen molar-refractivity contribution in [2.75, 3.05) is 7.05 Å². The summed E-state index contributed by atoms with van der Waals surface area (Å²) in [5, 5.41) is 6.85. The van der Waals surface area contributed by atoms with Gasteiger partial charge in [-0.25, -0.2) is 9.97 Å². The first-order valence-electron chi connectivity index (χ1n) is 5.00. The van der Waals surface area contributed by atoms with Gasteiger partial charge in [0.1, 0.15) is 0 Å². The van der Waals surface area contributed by atoms with Crippen molar-refractivity contribution in [2.45, 2.75) is 19.9 Å². The van der Waals surface area contributed by atoms with Gasteiger partial charge in [-0.15, -0.1) is 0 Å². The Bertz CT molecular complexity index is 464. The van der Waals surface area contributed by atoms with Gasteiger partial charge in [-0.2, -0.15) is 4.98 Å². The molecule has 0 aliphatic carbocycles. The molecule has 0 aliphatic rings. The van der Waals surface area contributed by atoms with E-state index in [1.54, 1.807) is 12.4 Å². The Morgan fingerprint density at radius 1 is 1.25 bits per heavy atom. The summed E-state index contributed by atoms with van der Waals surface area (Å²) in [4.78, 5) is 12.5. The van der Waals surface area contributed by atoms with E-state index in [9.17, 15) is 0 Å². The molecular formula is C10H13N5O. The summed E-state index contributed by atoms with van der Waals surface area (Å²) in [6, 6.07) is 0.0201. The summed E-state index contributed by atoms with van der Waals surface area (Å²) in [5.74, 6) is 1.42. The van der Waals surface area contributed by atoms with Crippen molar-refractivity contribution in [1.82, 2.24) is 25.4 Å². The molecule has 2 aromatic heterocycles. The van der Waals surface area contributed by atoms with Crippen LogP contribution in [0.2, 0.25) is 0 Å². The average molecular weight is 219 g/mol. The standard InChI is InChI=1S/C10H13N5O/c1-6-4-12-8(13-5-6)9-14-10(16-15-9)7(2)11-3/h4-5,7,11H,1-3H3. The number of hydrogen-bond donors (Lipinski definition) is 1. The minimum atomic E-state index is 0.0201. The van der Waals surface area contributed by atoms with Gasteiger partial charge in [0.2, 0.25) is 17.5 Å². The molecule has 1 atom stereocenters. The number of rotatable bonds is 3. The van der Waals surface area contributed by atoms with Gasteiger partial charge in [0.15, 0.2) is 0 Å². The Morgan fingerprint density at radius 3 is 2.56 bits per heavy atom. The molecular weight excluding hydrogens is 206 g/mol. The van der Waals surface area contributed by atoms with Crippen molar-refractivity contribution in [3.05, 3.63) is 23.8 Å². The molecule has 0 radical (unpaired) electrons. The first kappa shape index (κ1) is 10.7. The zero-order valence-corrected chi connectivity index (χ0v) is 9.43. The van der Waals surface area contributed by atoms with E-state index >= 15 is 0 Å². The third-order valence-electron chi connectivity index (χ3n) is 2.23. The van der Waals surface area contributed by atoms with Crippen LogP contribution in [0, 0.1) is 6.92 Å². The smallest absolute Gasteiger partial charge is 0.243 e. The van der Waals surface area contributed by atoms with Gasteiger partial charge in [0.05, 0.1) is 6.04 Å². The van der Waals surface area contributed by atoms with Gasteiger partial charge < -0.3 is 9.84 Å². The van der Waals surface area contributed by atoms with Crippen LogP contribution in [0.15, 0.2) is 16.9 Å². The number of nitrogens with zero attached hydrogens (tertiary/aromatic N) is 4. The summed E-state index contributed by atoms with van der Waals surface area (Å²) >= 11 is 0. The lowest BCUT2D eigenvalue weighted by atomic mass is 10.3. The lowest BCUT2D eigenvalue weighted by molar-refractivity contribution is 0.347. The highest BCUT2D eigenvalue weighted by atomic mass is 16.5. The minimum Gasteiger partial charge on any atom is -0.337 e. The van der Waals surface area contributed by atoms with Gasteiger partial charge in [-0.3, -0.25) is 0 Å². The molecule has 16 heavy (non-hydrogen) atoms. The molecule has 0 aliphatic heterocycles. The monoisotopic (exact) mass is 219 g/mol. The molecule has 2 heterocycles. The summed E-state index contributed by atoms with van der Waals surface area (Å²) in [6.45, 7) is 3.86. The minimum absolute atomic E-state index is 0.0201. The molecule has 1 N–H and O–H groups in total. The predicted octanol–water partition coefficient (Wildman–Crippen LogP) is 1.12. The number of hydrogen-bond acceptors (Lipinski definition) is 6. The van der Waals surface area contributed by atoms with Crippen LogP contribution in [0.5, 0.6) is 0 Å². The van der Waals surface area contributed by atoms with Crippen LogP contribution < -0.4 is 5.32 Å². The molecule has 0 saturated carbocycles. The van der Waals surface area contributed by atoms with E-state index in [1.807, 2.05) is 20.9 Å². The fraction of sp³-hybridized carbons (Fsp3) is 0.400. The molecule has 6 heteroatoms. The molecule has 0 amide bonds. The summed E-state index contributed by atoms with van der Waals surface area (Å²) in [7, 11) is 1.83. The molecule has 84 valence electrons. The van der Waals surface area contributed by atoms with Crippen LogP contribution in [-0.4, -0.2) is 27.2 Å².